The maximum Gasteiger partial charge on any atom is 0.327 e. The van der Waals surface area contributed by atoms with Gasteiger partial charge in [-0.25, -0.2) is 4.31 Å². The van der Waals surface area contributed by atoms with Gasteiger partial charge in [-0.1, -0.05) is 96.4 Å². The zero-order valence-electron chi connectivity index (χ0n) is 19.2. The molecule has 0 saturated heterocycles. The molecule has 0 bridgehead atoms. The summed E-state index contributed by atoms with van der Waals surface area (Å²) in [5.74, 6) is 2.10. The fourth-order valence-electron chi connectivity index (χ4n) is 2.96. The summed E-state index contributed by atoms with van der Waals surface area (Å²) < 4.78 is 4.27. The van der Waals surface area contributed by atoms with Crippen LogP contribution in [0.25, 0.3) is 0 Å². The van der Waals surface area contributed by atoms with E-state index in [0.717, 1.165) is 54.7 Å². The van der Waals surface area contributed by atoms with Crippen LogP contribution in [-0.4, -0.2) is 23.3 Å². The SMILES string of the molecule is CC(C)CCCCCSNC(=O)C(=O)N(SCCCCCC(C)C)c1ccccc1. The summed E-state index contributed by atoms with van der Waals surface area (Å²) in [7, 11) is 0. The number of amides is 2. The lowest BCUT2D eigenvalue weighted by atomic mass is 10.1. The lowest BCUT2D eigenvalue weighted by Crippen LogP contribution is -2.37. The molecule has 0 atom stereocenters. The lowest BCUT2D eigenvalue weighted by Gasteiger charge is -2.20. The number of carbonyl (C=O) groups is 2. The Bertz CT molecular complexity index is 594. The minimum absolute atomic E-state index is 0.499. The zero-order valence-corrected chi connectivity index (χ0v) is 20.8. The molecule has 170 valence electrons. The van der Waals surface area contributed by atoms with E-state index in [0.29, 0.717) is 0 Å². The van der Waals surface area contributed by atoms with Crippen molar-refractivity contribution in [2.24, 2.45) is 11.8 Å². The Balaban J connectivity index is 2.42. The smallest absolute Gasteiger partial charge is 0.292 e. The van der Waals surface area contributed by atoms with Crippen LogP contribution in [0.2, 0.25) is 0 Å². The molecular weight excluding hydrogens is 412 g/mol. The van der Waals surface area contributed by atoms with Crippen molar-refractivity contribution in [3.63, 3.8) is 0 Å². The Kier molecular flexibility index (Phi) is 14.8. The largest absolute Gasteiger partial charge is 0.327 e. The van der Waals surface area contributed by atoms with Gasteiger partial charge in [0.2, 0.25) is 0 Å². The van der Waals surface area contributed by atoms with Crippen molar-refractivity contribution >= 4 is 41.4 Å². The molecule has 0 aliphatic heterocycles. The highest BCUT2D eigenvalue weighted by atomic mass is 32.2. The highest BCUT2D eigenvalue weighted by molar-refractivity contribution is 8.01. The second kappa shape index (κ2) is 16.5. The number of benzene rings is 1. The zero-order chi connectivity index (χ0) is 22.2. The minimum Gasteiger partial charge on any atom is -0.292 e. The summed E-state index contributed by atoms with van der Waals surface area (Å²) in [6.07, 6.45) is 9.34. The third kappa shape index (κ3) is 12.5. The van der Waals surface area contributed by atoms with Crippen molar-refractivity contribution in [2.75, 3.05) is 15.8 Å². The Morgan fingerprint density at radius 1 is 0.833 bits per heavy atom. The van der Waals surface area contributed by atoms with Crippen LogP contribution in [0.3, 0.4) is 0 Å². The minimum atomic E-state index is -0.543. The second-order valence-corrected chi connectivity index (χ2v) is 10.5. The predicted octanol–water partition coefficient (Wildman–Crippen LogP) is 6.87. The monoisotopic (exact) mass is 452 g/mol. The summed E-state index contributed by atoms with van der Waals surface area (Å²) in [6.45, 7) is 8.96. The number of nitrogens with zero attached hydrogens (tertiary/aromatic N) is 1. The van der Waals surface area contributed by atoms with Gasteiger partial charge in [-0.3, -0.25) is 14.3 Å². The van der Waals surface area contributed by atoms with Crippen LogP contribution in [0.5, 0.6) is 0 Å². The average Bonchev–Trinajstić information content (AvgIpc) is 2.72. The Morgan fingerprint density at radius 3 is 1.97 bits per heavy atom. The summed E-state index contributed by atoms with van der Waals surface area (Å²) in [4.78, 5) is 25.2. The van der Waals surface area contributed by atoms with Gasteiger partial charge in [0.1, 0.15) is 0 Å². The van der Waals surface area contributed by atoms with Gasteiger partial charge in [0.05, 0.1) is 5.69 Å². The summed E-state index contributed by atoms with van der Waals surface area (Å²) in [5.41, 5.74) is 0.753. The number of para-hydroxylation sites is 1. The summed E-state index contributed by atoms with van der Waals surface area (Å²) in [6, 6.07) is 9.45. The maximum absolute atomic E-state index is 12.8. The molecule has 30 heavy (non-hydrogen) atoms. The van der Waals surface area contributed by atoms with E-state index in [9.17, 15) is 9.59 Å². The quantitative estimate of drug-likeness (QED) is 0.179. The van der Waals surface area contributed by atoms with Gasteiger partial charge in [-0.05, 0) is 48.8 Å². The third-order valence-electron chi connectivity index (χ3n) is 4.71. The maximum atomic E-state index is 12.8. The molecular formula is C24H40N2O2S2. The number of rotatable bonds is 15. The van der Waals surface area contributed by atoms with Gasteiger partial charge in [0, 0.05) is 11.5 Å². The first kappa shape index (κ1) is 26.9. The number of hydrogen-bond donors (Lipinski definition) is 1. The van der Waals surface area contributed by atoms with Gasteiger partial charge < -0.3 is 0 Å². The highest BCUT2D eigenvalue weighted by Gasteiger charge is 2.24. The molecule has 0 spiro atoms. The van der Waals surface area contributed by atoms with Gasteiger partial charge in [0.15, 0.2) is 0 Å². The fraction of sp³-hybridized carbons (Fsp3) is 0.667. The fourth-order valence-corrected chi connectivity index (χ4v) is 4.61. The van der Waals surface area contributed by atoms with Crippen LogP contribution in [0.1, 0.15) is 79.1 Å². The molecule has 2 amide bonds. The molecule has 6 heteroatoms. The van der Waals surface area contributed by atoms with E-state index in [1.54, 1.807) is 4.31 Å². The van der Waals surface area contributed by atoms with E-state index >= 15 is 0 Å². The first-order valence-electron chi connectivity index (χ1n) is 11.4. The molecule has 0 aliphatic carbocycles. The first-order valence-corrected chi connectivity index (χ1v) is 13.3. The van der Waals surface area contributed by atoms with E-state index in [1.165, 1.54) is 49.6 Å². The topological polar surface area (TPSA) is 49.4 Å². The van der Waals surface area contributed by atoms with E-state index in [-0.39, 0.29) is 0 Å². The van der Waals surface area contributed by atoms with Gasteiger partial charge >= 0.3 is 11.8 Å². The molecule has 1 aromatic rings. The van der Waals surface area contributed by atoms with Gasteiger partial charge in [0.25, 0.3) is 0 Å². The normalized spacial score (nSPS) is 11.1. The van der Waals surface area contributed by atoms with E-state index in [1.807, 2.05) is 30.3 Å². The molecule has 0 aromatic heterocycles. The van der Waals surface area contributed by atoms with Crippen LogP contribution in [-0.2, 0) is 9.59 Å². The Morgan fingerprint density at radius 2 is 1.40 bits per heavy atom. The average molecular weight is 453 g/mol. The molecule has 0 unspecified atom stereocenters. The van der Waals surface area contributed by atoms with Crippen LogP contribution < -0.4 is 9.03 Å². The van der Waals surface area contributed by atoms with Crippen molar-refractivity contribution in [3.05, 3.63) is 30.3 Å². The van der Waals surface area contributed by atoms with Crippen LogP contribution >= 0.6 is 23.9 Å². The van der Waals surface area contributed by atoms with E-state index < -0.39 is 11.8 Å². The van der Waals surface area contributed by atoms with Crippen LogP contribution in [0.15, 0.2) is 30.3 Å². The van der Waals surface area contributed by atoms with Gasteiger partial charge in [-0.15, -0.1) is 0 Å². The van der Waals surface area contributed by atoms with E-state index in [2.05, 4.69) is 32.4 Å². The van der Waals surface area contributed by atoms with Crippen molar-refractivity contribution in [2.45, 2.75) is 79.1 Å². The van der Waals surface area contributed by atoms with Crippen molar-refractivity contribution in [3.8, 4) is 0 Å². The van der Waals surface area contributed by atoms with Crippen LogP contribution in [0.4, 0.5) is 5.69 Å². The van der Waals surface area contributed by atoms with Crippen LogP contribution in [0, 0.1) is 11.8 Å². The summed E-state index contributed by atoms with van der Waals surface area (Å²) in [5, 5.41) is 0. The van der Waals surface area contributed by atoms with E-state index in [4.69, 9.17) is 0 Å². The molecule has 1 N–H and O–H groups in total. The van der Waals surface area contributed by atoms with Crippen molar-refractivity contribution in [1.82, 2.24) is 4.72 Å². The Hall–Kier alpha value is -1.14. The number of nitrogens with one attached hydrogen (secondary N) is 1. The summed E-state index contributed by atoms with van der Waals surface area (Å²) >= 11 is 2.78. The number of unbranched alkanes of at least 4 members (excludes halogenated alkanes) is 4. The molecule has 0 radical (unpaired) electrons. The standard InChI is InChI=1S/C24H40N2O2S2/c1-20(2)14-8-6-12-18-29-25-23(27)24(28)26(22-16-10-5-11-17-22)30-19-13-7-9-15-21(3)4/h5,10-11,16-17,20-21H,6-9,12-15,18-19H2,1-4H3,(H,25,27). The molecule has 4 nitrogen and oxygen atoms in total. The number of anilines is 1. The molecule has 0 saturated carbocycles. The highest BCUT2D eigenvalue weighted by Crippen LogP contribution is 2.24. The first-order chi connectivity index (χ1) is 14.4. The lowest BCUT2D eigenvalue weighted by molar-refractivity contribution is -0.135. The predicted molar refractivity (Wildman–Crippen MR) is 134 cm³/mol. The van der Waals surface area contributed by atoms with Gasteiger partial charge in [-0.2, -0.15) is 0 Å². The van der Waals surface area contributed by atoms with Crippen molar-refractivity contribution < 1.29 is 9.59 Å². The molecule has 0 aliphatic rings. The molecule has 0 heterocycles. The molecule has 0 fully saturated rings. The number of carbonyl (C=O) groups excluding carboxylic acids is 2. The molecule has 1 aromatic carbocycles. The Labute approximate surface area is 192 Å². The van der Waals surface area contributed by atoms with Crippen molar-refractivity contribution in [1.29, 1.82) is 0 Å². The second-order valence-electron chi connectivity index (χ2n) is 8.53. The third-order valence-corrected chi connectivity index (χ3v) is 6.64. The number of hydrogen-bond acceptors (Lipinski definition) is 4. The molecule has 1 rings (SSSR count).